The summed E-state index contributed by atoms with van der Waals surface area (Å²) in [5.41, 5.74) is 1.03. The van der Waals surface area contributed by atoms with Crippen LogP contribution in [0.3, 0.4) is 0 Å². The van der Waals surface area contributed by atoms with Gasteiger partial charge in [-0.1, -0.05) is 12.1 Å². The van der Waals surface area contributed by atoms with Gasteiger partial charge >= 0.3 is 5.97 Å². The third kappa shape index (κ3) is 3.50. The van der Waals surface area contributed by atoms with Gasteiger partial charge in [-0.3, -0.25) is 4.31 Å². The highest BCUT2D eigenvalue weighted by Crippen LogP contribution is 2.27. The summed E-state index contributed by atoms with van der Waals surface area (Å²) in [7, 11) is -4.15. The second-order valence-electron chi connectivity index (χ2n) is 5.11. The second-order valence-corrected chi connectivity index (χ2v) is 6.92. The van der Waals surface area contributed by atoms with E-state index in [1.165, 1.54) is 13.0 Å². The van der Waals surface area contributed by atoms with E-state index in [4.69, 9.17) is 0 Å². The average Bonchev–Trinajstić information content (AvgIpc) is 2.47. The topological polar surface area (TPSA) is 74.7 Å². The Bertz CT molecular complexity index is 818. The molecule has 5 nitrogen and oxygen atoms in total. The van der Waals surface area contributed by atoms with Crippen molar-refractivity contribution in [3.05, 3.63) is 59.9 Å². The molecule has 1 atom stereocenters. The third-order valence-electron chi connectivity index (χ3n) is 3.34. The minimum Gasteiger partial charge on any atom is -0.480 e. The minimum atomic E-state index is -4.15. The Morgan fingerprint density at radius 1 is 1.17 bits per heavy atom. The van der Waals surface area contributed by atoms with Gasteiger partial charge in [0.1, 0.15) is 11.9 Å². The SMILES string of the molecule is Cc1cccc(N(C(C)C(=O)O)S(=O)(=O)c2ccc(F)cc2)c1. The molecule has 23 heavy (non-hydrogen) atoms. The van der Waals surface area contributed by atoms with Gasteiger partial charge in [0.05, 0.1) is 10.6 Å². The molecule has 7 heteroatoms. The summed E-state index contributed by atoms with van der Waals surface area (Å²) < 4.78 is 39.5. The van der Waals surface area contributed by atoms with Crippen molar-refractivity contribution >= 4 is 21.7 Å². The normalized spacial score (nSPS) is 12.7. The van der Waals surface area contributed by atoms with E-state index in [1.807, 2.05) is 0 Å². The van der Waals surface area contributed by atoms with Crippen molar-refractivity contribution in [2.24, 2.45) is 0 Å². The molecular formula is C16H16FNO4S. The maximum atomic E-state index is 13.0. The van der Waals surface area contributed by atoms with Gasteiger partial charge < -0.3 is 5.11 Å². The van der Waals surface area contributed by atoms with Gasteiger partial charge in [0.15, 0.2) is 0 Å². The monoisotopic (exact) mass is 337 g/mol. The van der Waals surface area contributed by atoms with E-state index in [0.717, 1.165) is 34.1 Å². The third-order valence-corrected chi connectivity index (χ3v) is 5.25. The highest BCUT2D eigenvalue weighted by atomic mass is 32.2. The number of carboxylic acids is 1. The summed E-state index contributed by atoms with van der Waals surface area (Å²) in [6.45, 7) is 3.06. The van der Waals surface area contributed by atoms with Crippen LogP contribution in [0.15, 0.2) is 53.4 Å². The molecule has 0 aliphatic rings. The lowest BCUT2D eigenvalue weighted by molar-refractivity contribution is -0.137. The lowest BCUT2D eigenvalue weighted by Crippen LogP contribution is -2.43. The van der Waals surface area contributed by atoms with E-state index in [-0.39, 0.29) is 10.6 Å². The fraction of sp³-hybridized carbons (Fsp3) is 0.188. The van der Waals surface area contributed by atoms with Crippen LogP contribution in [0.4, 0.5) is 10.1 Å². The van der Waals surface area contributed by atoms with E-state index in [9.17, 15) is 22.7 Å². The zero-order valence-electron chi connectivity index (χ0n) is 12.6. The lowest BCUT2D eigenvalue weighted by Gasteiger charge is -2.28. The van der Waals surface area contributed by atoms with Crippen LogP contribution in [0.25, 0.3) is 0 Å². The van der Waals surface area contributed by atoms with Crippen molar-refractivity contribution < 1.29 is 22.7 Å². The molecule has 0 saturated carbocycles. The molecule has 0 aliphatic heterocycles. The first-order valence-electron chi connectivity index (χ1n) is 6.83. The molecule has 2 aromatic rings. The summed E-state index contributed by atoms with van der Waals surface area (Å²) in [6.07, 6.45) is 0. The molecule has 0 spiro atoms. The fourth-order valence-corrected chi connectivity index (χ4v) is 3.76. The highest BCUT2D eigenvalue weighted by Gasteiger charge is 2.33. The number of carboxylic acid groups (broad SMARTS) is 1. The number of halogens is 1. The summed E-state index contributed by atoms with van der Waals surface area (Å²) in [4.78, 5) is 11.2. The molecule has 1 N–H and O–H groups in total. The van der Waals surface area contributed by atoms with E-state index in [2.05, 4.69) is 0 Å². The number of hydrogen-bond donors (Lipinski definition) is 1. The van der Waals surface area contributed by atoms with Crippen LogP contribution in [0.5, 0.6) is 0 Å². The van der Waals surface area contributed by atoms with Crippen LogP contribution in [0.1, 0.15) is 12.5 Å². The number of anilines is 1. The van der Waals surface area contributed by atoms with Crippen molar-refractivity contribution in [2.75, 3.05) is 4.31 Å². The van der Waals surface area contributed by atoms with Crippen LogP contribution in [0.2, 0.25) is 0 Å². The fourth-order valence-electron chi connectivity index (χ4n) is 2.16. The van der Waals surface area contributed by atoms with Crippen LogP contribution >= 0.6 is 0 Å². The zero-order valence-corrected chi connectivity index (χ0v) is 13.4. The lowest BCUT2D eigenvalue weighted by atomic mass is 10.2. The molecule has 0 bridgehead atoms. The van der Waals surface area contributed by atoms with Crippen molar-refractivity contribution in [3.63, 3.8) is 0 Å². The van der Waals surface area contributed by atoms with E-state index in [0.29, 0.717) is 0 Å². The van der Waals surface area contributed by atoms with Crippen LogP contribution in [-0.2, 0) is 14.8 Å². The quantitative estimate of drug-likeness (QED) is 0.910. The number of rotatable bonds is 5. The number of sulfonamides is 1. The maximum absolute atomic E-state index is 13.0. The zero-order chi connectivity index (χ0) is 17.2. The Kier molecular flexibility index (Phi) is 4.70. The highest BCUT2D eigenvalue weighted by molar-refractivity contribution is 7.92. The average molecular weight is 337 g/mol. The number of benzene rings is 2. The van der Waals surface area contributed by atoms with Crippen molar-refractivity contribution in [2.45, 2.75) is 24.8 Å². The summed E-state index contributed by atoms with van der Waals surface area (Å²) in [5, 5.41) is 9.27. The first-order chi connectivity index (χ1) is 10.7. The van der Waals surface area contributed by atoms with E-state index in [1.54, 1.807) is 25.1 Å². The first kappa shape index (κ1) is 17.0. The summed E-state index contributed by atoms with van der Waals surface area (Å²) >= 11 is 0. The minimum absolute atomic E-state index is 0.173. The number of nitrogens with zero attached hydrogens (tertiary/aromatic N) is 1. The van der Waals surface area contributed by atoms with Crippen molar-refractivity contribution in [3.8, 4) is 0 Å². The summed E-state index contributed by atoms with van der Waals surface area (Å²) in [5.74, 6) is -1.85. The molecule has 0 aliphatic carbocycles. The van der Waals surface area contributed by atoms with Gasteiger partial charge in [-0.25, -0.2) is 17.6 Å². The molecule has 0 amide bonds. The van der Waals surface area contributed by atoms with Crippen molar-refractivity contribution in [1.82, 2.24) is 0 Å². The van der Waals surface area contributed by atoms with E-state index < -0.39 is 27.9 Å². The molecule has 1 unspecified atom stereocenters. The number of hydrogen-bond acceptors (Lipinski definition) is 3. The molecule has 122 valence electrons. The Morgan fingerprint density at radius 3 is 2.30 bits per heavy atom. The van der Waals surface area contributed by atoms with Gasteiger partial charge in [-0.2, -0.15) is 0 Å². The Labute approximate surface area is 134 Å². The first-order valence-corrected chi connectivity index (χ1v) is 8.27. The standard InChI is InChI=1S/C16H16FNO4S/c1-11-4-3-5-14(10-11)18(12(2)16(19)20)23(21,22)15-8-6-13(17)7-9-15/h3-10,12H,1-2H3,(H,19,20). The van der Waals surface area contributed by atoms with Crippen LogP contribution in [-0.4, -0.2) is 25.5 Å². The smallest absolute Gasteiger partial charge is 0.327 e. The number of aryl methyl sites for hydroxylation is 1. The van der Waals surface area contributed by atoms with Gasteiger partial charge in [-0.15, -0.1) is 0 Å². The molecule has 0 fully saturated rings. The Morgan fingerprint density at radius 2 is 1.78 bits per heavy atom. The van der Waals surface area contributed by atoms with Gasteiger partial charge in [0.2, 0.25) is 0 Å². The van der Waals surface area contributed by atoms with Crippen molar-refractivity contribution in [1.29, 1.82) is 0 Å². The largest absolute Gasteiger partial charge is 0.480 e. The molecule has 0 radical (unpaired) electrons. The number of carbonyl (C=O) groups is 1. The van der Waals surface area contributed by atoms with Gasteiger partial charge in [0, 0.05) is 0 Å². The van der Waals surface area contributed by atoms with Gasteiger partial charge in [0.25, 0.3) is 10.0 Å². The predicted octanol–water partition coefficient (Wildman–Crippen LogP) is 2.80. The molecule has 2 aromatic carbocycles. The molecule has 0 aromatic heterocycles. The Hall–Kier alpha value is -2.41. The Balaban J connectivity index is 2.61. The van der Waals surface area contributed by atoms with Gasteiger partial charge in [-0.05, 0) is 55.8 Å². The molecular weight excluding hydrogens is 321 g/mol. The molecule has 2 rings (SSSR count). The molecule has 0 saturated heterocycles. The number of aliphatic carboxylic acids is 1. The maximum Gasteiger partial charge on any atom is 0.327 e. The molecule has 0 heterocycles. The summed E-state index contributed by atoms with van der Waals surface area (Å²) in [6, 6.07) is 9.48. The van der Waals surface area contributed by atoms with Crippen LogP contribution < -0.4 is 4.31 Å². The van der Waals surface area contributed by atoms with Crippen LogP contribution in [0, 0.1) is 12.7 Å². The predicted molar refractivity (Wildman–Crippen MR) is 84.3 cm³/mol. The van der Waals surface area contributed by atoms with E-state index >= 15 is 0 Å². The second kappa shape index (κ2) is 6.37.